The number of nitrogens with one attached hydrogen (secondary N) is 2. The summed E-state index contributed by atoms with van der Waals surface area (Å²) in [6.07, 6.45) is 4.42. The third-order valence-corrected chi connectivity index (χ3v) is 8.13. The summed E-state index contributed by atoms with van der Waals surface area (Å²) >= 11 is 5.89. The van der Waals surface area contributed by atoms with Gasteiger partial charge in [-0.05, 0) is 67.6 Å². The minimum atomic E-state index is -0.397. The van der Waals surface area contributed by atoms with Crippen molar-refractivity contribution in [1.82, 2.24) is 20.1 Å². The van der Waals surface area contributed by atoms with Gasteiger partial charge < -0.3 is 20.1 Å². The van der Waals surface area contributed by atoms with Crippen molar-refractivity contribution in [3.05, 3.63) is 72.8 Å². The molecule has 1 aliphatic rings. The second-order valence-electron chi connectivity index (χ2n) is 11.6. The van der Waals surface area contributed by atoms with Crippen LogP contribution in [0.15, 0.2) is 72.8 Å². The van der Waals surface area contributed by atoms with Gasteiger partial charge in [-0.1, -0.05) is 94.3 Å². The molecular formula is C33H44N4OS. The topological polar surface area (TPSA) is 49.3 Å². The summed E-state index contributed by atoms with van der Waals surface area (Å²) < 4.78 is 2.52. The Kier molecular flexibility index (Phi) is 9.49. The van der Waals surface area contributed by atoms with Crippen LogP contribution < -0.4 is 10.6 Å². The highest BCUT2D eigenvalue weighted by Crippen LogP contribution is 2.38. The number of nitrogens with zero attached hydrogens (tertiary/aromatic N) is 2. The Morgan fingerprint density at radius 1 is 0.897 bits per heavy atom. The summed E-state index contributed by atoms with van der Waals surface area (Å²) in [4.78, 5) is 15.3. The van der Waals surface area contributed by atoms with Crippen molar-refractivity contribution < 1.29 is 4.79 Å². The van der Waals surface area contributed by atoms with Crippen LogP contribution >= 0.6 is 12.2 Å². The van der Waals surface area contributed by atoms with E-state index in [0.29, 0.717) is 18.2 Å². The summed E-state index contributed by atoms with van der Waals surface area (Å²) in [5.74, 6) is 0.0972. The van der Waals surface area contributed by atoms with Gasteiger partial charge in [0, 0.05) is 30.5 Å². The van der Waals surface area contributed by atoms with E-state index in [2.05, 4.69) is 109 Å². The molecule has 1 aromatic heterocycles. The van der Waals surface area contributed by atoms with Crippen molar-refractivity contribution in [3.63, 3.8) is 0 Å². The number of hydrogen-bond acceptors (Lipinski definition) is 2. The Hall–Kier alpha value is -3.12. The van der Waals surface area contributed by atoms with E-state index in [1.807, 2.05) is 18.7 Å². The van der Waals surface area contributed by atoms with Gasteiger partial charge in [0.05, 0.1) is 6.04 Å². The fraction of sp³-hybridized carbons (Fsp3) is 0.455. The molecule has 39 heavy (non-hydrogen) atoms. The Bertz CT molecular complexity index is 1170. The molecule has 0 aliphatic heterocycles. The normalized spacial score (nSPS) is 18.3. The van der Waals surface area contributed by atoms with E-state index in [-0.39, 0.29) is 23.4 Å². The average molecular weight is 545 g/mol. The lowest BCUT2D eigenvalue weighted by Crippen LogP contribution is -2.58. The van der Waals surface area contributed by atoms with Crippen molar-refractivity contribution in [1.29, 1.82) is 0 Å². The quantitative estimate of drug-likeness (QED) is 0.298. The van der Waals surface area contributed by atoms with Crippen molar-refractivity contribution in [2.24, 2.45) is 5.41 Å². The van der Waals surface area contributed by atoms with Crippen LogP contribution in [-0.2, 0) is 4.79 Å². The summed E-state index contributed by atoms with van der Waals surface area (Å²) in [5.41, 5.74) is 4.58. The highest BCUT2D eigenvalue weighted by atomic mass is 32.1. The molecule has 6 heteroatoms. The monoisotopic (exact) mass is 544 g/mol. The maximum atomic E-state index is 13.4. The van der Waals surface area contributed by atoms with Crippen LogP contribution in [0.1, 0.15) is 66.3 Å². The third-order valence-electron chi connectivity index (χ3n) is 7.90. The number of thiocarbonyl (C=S) groups is 1. The lowest BCUT2D eigenvalue weighted by atomic mass is 9.85. The van der Waals surface area contributed by atoms with Crippen molar-refractivity contribution in [2.45, 2.75) is 78.4 Å². The molecule has 2 aromatic carbocycles. The molecule has 1 fully saturated rings. The molecule has 3 atom stereocenters. The molecule has 1 saturated carbocycles. The minimum Gasteiger partial charge on any atom is -0.358 e. The molecule has 208 valence electrons. The summed E-state index contributed by atoms with van der Waals surface area (Å²) in [5, 5.41) is 7.66. The standard InChI is InChI=1S/C33H44N4OS/c1-6-36(7-2)31(38)30(33(3,4)5)35-32(39)34-26-20-14-15-21-29(26)37-27(24-16-10-8-11-17-24)22-23-28(37)25-18-12-9-13-19-25/h8-13,16-19,22-23,26,29-30H,6-7,14-15,20-21H2,1-5H3,(H2,34,35,39)/t26-,29-,30-/m1/s1. The van der Waals surface area contributed by atoms with E-state index in [1.54, 1.807) is 0 Å². The van der Waals surface area contributed by atoms with Gasteiger partial charge in [0.2, 0.25) is 5.91 Å². The van der Waals surface area contributed by atoms with Gasteiger partial charge in [-0.2, -0.15) is 0 Å². The van der Waals surface area contributed by atoms with Crippen LogP contribution in [0.25, 0.3) is 22.5 Å². The number of aromatic nitrogens is 1. The average Bonchev–Trinajstić information content (AvgIpc) is 3.38. The number of benzene rings is 2. The number of carbonyl (C=O) groups is 1. The number of rotatable bonds is 8. The first kappa shape index (κ1) is 28.9. The maximum absolute atomic E-state index is 13.4. The highest BCUT2D eigenvalue weighted by Gasteiger charge is 2.36. The second kappa shape index (κ2) is 12.8. The van der Waals surface area contributed by atoms with Crippen LogP contribution in [0.3, 0.4) is 0 Å². The molecule has 4 rings (SSSR count). The molecule has 0 spiro atoms. The molecule has 5 nitrogen and oxygen atoms in total. The number of likely N-dealkylation sites (N-methyl/N-ethyl adjacent to an activating group) is 1. The summed E-state index contributed by atoms with van der Waals surface area (Å²) in [6.45, 7) is 11.7. The molecule has 0 radical (unpaired) electrons. The van der Waals surface area contributed by atoms with Crippen LogP contribution in [-0.4, -0.2) is 45.7 Å². The van der Waals surface area contributed by atoms with Gasteiger partial charge in [-0.25, -0.2) is 0 Å². The molecule has 1 amide bonds. The van der Waals surface area contributed by atoms with Crippen molar-refractivity contribution in [3.8, 4) is 22.5 Å². The van der Waals surface area contributed by atoms with E-state index in [9.17, 15) is 4.79 Å². The zero-order chi connectivity index (χ0) is 28.0. The Labute approximate surface area is 240 Å². The van der Waals surface area contributed by atoms with E-state index < -0.39 is 6.04 Å². The van der Waals surface area contributed by atoms with E-state index in [1.165, 1.54) is 28.9 Å². The predicted octanol–water partition coefficient (Wildman–Crippen LogP) is 7.05. The van der Waals surface area contributed by atoms with E-state index >= 15 is 0 Å². The summed E-state index contributed by atoms with van der Waals surface area (Å²) in [6, 6.07) is 25.8. The minimum absolute atomic E-state index is 0.0972. The lowest BCUT2D eigenvalue weighted by molar-refractivity contribution is -0.135. The largest absolute Gasteiger partial charge is 0.358 e. The highest BCUT2D eigenvalue weighted by molar-refractivity contribution is 7.80. The zero-order valence-electron chi connectivity index (χ0n) is 24.1. The second-order valence-corrected chi connectivity index (χ2v) is 12.0. The van der Waals surface area contributed by atoms with Gasteiger partial charge >= 0.3 is 0 Å². The Morgan fingerprint density at radius 3 is 1.90 bits per heavy atom. The molecule has 0 unspecified atom stereocenters. The third kappa shape index (κ3) is 6.73. The molecule has 2 N–H and O–H groups in total. The van der Waals surface area contributed by atoms with Crippen LogP contribution in [0.5, 0.6) is 0 Å². The molecule has 3 aromatic rings. The van der Waals surface area contributed by atoms with E-state index in [4.69, 9.17) is 12.2 Å². The maximum Gasteiger partial charge on any atom is 0.245 e. The zero-order valence-corrected chi connectivity index (χ0v) is 24.9. The van der Waals surface area contributed by atoms with Gasteiger partial charge in [-0.3, -0.25) is 4.79 Å². The molecule has 0 saturated heterocycles. The predicted molar refractivity (Wildman–Crippen MR) is 167 cm³/mol. The molecule has 1 heterocycles. The van der Waals surface area contributed by atoms with E-state index in [0.717, 1.165) is 19.3 Å². The molecule has 1 aliphatic carbocycles. The lowest BCUT2D eigenvalue weighted by Gasteiger charge is -2.39. The molecule has 0 bridgehead atoms. The smallest absolute Gasteiger partial charge is 0.245 e. The van der Waals surface area contributed by atoms with Gasteiger partial charge in [0.1, 0.15) is 6.04 Å². The summed E-state index contributed by atoms with van der Waals surface area (Å²) in [7, 11) is 0. The molecular weight excluding hydrogens is 500 g/mol. The number of carbonyl (C=O) groups excluding carboxylic acids is 1. The SMILES string of the molecule is CCN(CC)C(=O)[C@@H](NC(=S)N[C@@H]1CCCC[C@H]1n1c(-c2ccccc2)ccc1-c1ccccc1)C(C)(C)C. The van der Waals surface area contributed by atoms with Gasteiger partial charge in [-0.15, -0.1) is 0 Å². The van der Waals surface area contributed by atoms with Gasteiger partial charge in [0.15, 0.2) is 5.11 Å². The van der Waals surface area contributed by atoms with Crippen LogP contribution in [0.2, 0.25) is 0 Å². The number of amides is 1. The van der Waals surface area contributed by atoms with Crippen LogP contribution in [0.4, 0.5) is 0 Å². The van der Waals surface area contributed by atoms with Crippen LogP contribution in [0, 0.1) is 5.41 Å². The first-order valence-corrected chi connectivity index (χ1v) is 14.8. The van der Waals surface area contributed by atoms with Gasteiger partial charge in [0.25, 0.3) is 0 Å². The fourth-order valence-corrected chi connectivity index (χ4v) is 6.06. The van der Waals surface area contributed by atoms with Crippen molar-refractivity contribution >= 4 is 23.2 Å². The first-order valence-electron chi connectivity index (χ1n) is 14.4. The Morgan fingerprint density at radius 2 is 1.41 bits per heavy atom. The number of hydrogen-bond donors (Lipinski definition) is 2. The fourth-order valence-electron chi connectivity index (χ4n) is 5.79. The Balaban J connectivity index is 1.65. The first-order chi connectivity index (χ1) is 18.7. The van der Waals surface area contributed by atoms with Crippen molar-refractivity contribution in [2.75, 3.05) is 13.1 Å².